The number of ether oxygens (including phenoxy) is 1. The van der Waals surface area contributed by atoms with Gasteiger partial charge in [0.05, 0.1) is 29.9 Å². The number of carbonyl (C=O) groups excluding carboxylic acids is 1. The zero-order valence-corrected chi connectivity index (χ0v) is 16.5. The Morgan fingerprint density at radius 2 is 1.93 bits per heavy atom. The zero-order chi connectivity index (χ0) is 20.4. The van der Waals surface area contributed by atoms with Gasteiger partial charge in [-0.3, -0.25) is 14.4 Å². The quantitative estimate of drug-likeness (QED) is 0.678. The molecule has 2 aliphatic rings. The Balaban J connectivity index is 1.51. The van der Waals surface area contributed by atoms with Gasteiger partial charge in [0.2, 0.25) is 0 Å². The summed E-state index contributed by atoms with van der Waals surface area (Å²) in [7, 11) is 1.77. The topological polar surface area (TPSA) is 99.9 Å². The molecule has 8 heteroatoms. The molecule has 2 fully saturated rings. The minimum Gasteiger partial charge on any atom is -0.488 e. The van der Waals surface area contributed by atoms with Gasteiger partial charge in [0.15, 0.2) is 0 Å². The third-order valence-corrected chi connectivity index (χ3v) is 5.86. The molecule has 1 amide bonds. The zero-order valence-electron chi connectivity index (χ0n) is 16.5. The number of rotatable bonds is 5. The van der Waals surface area contributed by atoms with E-state index in [9.17, 15) is 15.0 Å². The predicted octanol–water partition coefficient (Wildman–Crippen LogP) is 0.556. The number of hydrogen-bond donors (Lipinski definition) is 3. The van der Waals surface area contributed by atoms with Crippen molar-refractivity contribution < 1.29 is 19.7 Å². The highest BCUT2D eigenvalue weighted by atomic mass is 16.5. The molecule has 1 aromatic heterocycles. The number of aliphatic hydroxyl groups is 2. The van der Waals surface area contributed by atoms with Crippen LogP contribution in [0.5, 0.6) is 5.75 Å². The fourth-order valence-electron chi connectivity index (χ4n) is 4.37. The summed E-state index contributed by atoms with van der Waals surface area (Å²) >= 11 is 0. The second kappa shape index (κ2) is 8.52. The fraction of sp³-hybridized carbons (Fsp3) is 0.524. The van der Waals surface area contributed by atoms with Gasteiger partial charge in [-0.2, -0.15) is 5.10 Å². The first-order valence-corrected chi connectivity index (χ1v) is 10.1. The number of aliphatic hydroxyl groups excluding tert-OH is 2. The average Bonchev–Trinajstić information content (AvgIpc) is 3.27. The van der Waals surface area contributed by atoms with Crippen molar-refractivity contribution in [2.75, 3.05) is 13.1 Å². The molecule has 1 aromatic carbocycles. The maximum absolute atomic E-state index is 12.7. The standard InChI is InChI=1S/C21H28N4O4/c1-24-13-14(12-22-24)21(28)23-17-11-18(29-16-5-3-2-4-6-16)20(27)19(17)25-9-7-15(26)8-10-25/h2-6,12-13,15,17-20,26-27H,7-11H2,1H3,(H,23,28)/t17-,18-,19+,20+/m1/s1. The molecule has 156 valence electrons. The Bertz CT molecular complexity index is 819. The van der Waals surface area contributed by atoms with E-state index in [1.807, 2.05) is 30.3 Å². The van der Waals surface area contributed by atoms with Crippen LogP contribution in [0.2, 0.25) is 0 Å². The fourth-order valence-corrected chi connectivity index (χ4v) is 4.37. The summed E-state index contributed by atoms with van der Waals surface area (Å²) < 4.78 is 7.64. The molecule has 1 saturated carbocycles. The first-order valence-electron chi connectivity index (χ1n) is 10.1. The van der Waals surface area contributed by atoms with Gasteiger partial charge < -0.3 is 20.3 Å². The molecule has 2 heterocycles. The Labute approximate surface area is 170 Å². The SMILES string of the molecule is Cn1cc(C(=O)N[C@@H]2C[C@@H](Oc3ccccc3)[C@H](O)[C@H]2N2CCC(O)CC2)cn1. The van der Waals surface area contributed by atoms with Gasteiger partial charge in [0.1, 0.15) is 18.0 Å². The number of piperidine rings is 1. The molecule has 3 N–H and O–H groups in total. The number of aromatic nitrogens is 2. The molecular formula is C21H28N4O4. The van der Waals surface area contributed by atoms with E-state index in [1.165, 1.54) is 6.20 Å². The molecule has 2 aromatic rings. The maximum Gasteiger partial charge on any atom is 0.254 e. The number of aryl methyl sites for hydroxylation is 1. The minimum atomic E-state index is -0.746. The van der Waals surface area contributed by atoms with Gasteiger partial charge in [0.25, 0.3) is 5.91 Å². The van der Waals surface area contributed by atoms with Gasteiger partial charge in [-0.1, -0.05) is 18.2 Å². The molecule has 0 spiro atoms. The highest BCUT2D eigenvalue weighted by Gasteiger charge is 2.48. The van der Waals surface area contributed by atoms with Gasteiger partial charge in [-0.05, 0) is 25.0 Å². The van der Waals surface area contributed by atoms with Crippen LogP contribution in [-0.4, -0.2) is 74.3 Å². The number of benzene rings is 1. The predicted molar refractivity (Wildman–Crippen MR) is 107 cm³/mol. The second-order valence-electron chi connectivity index (χ2n) is 7.94. The third kappa shape index (κ3) is 4.44. The molecule has 0 radical (unpaired) electrons. The number of carbonyl (C=O) groups is 1. The molecule has 1 saturated heterocycles. The van der Waals surface area contributed by atoms with Gasteiger partial charge in [-0.15, -0.1) is 0 Å². The van der Waals surface area contributed by atoms with E-state index in [0.717, 1.165) is 0 Å². The van der Waals surface area contributed by atoms with Crippen LogP contribution in [0, 0.1) is 0 Å². The lowest BCUT2D eigenvalue weighted by atomic mass is 10.0. The van der Waals surface area contributed by atoms with Crippen molar-refractivity contribution in [3.8, 4) is 5.75 Å². The normalized spacial score (nSPS) is 28.4. The number of hydrogen-bond acceptors (Lipinski definition) is 6. The van der Waals surface area contributed by atoms with E-state index in [2.05, 4.69) is 15.3 Å². The Morgan fingerprint density at radius 3 is 2.59 bits per heavy atom. The summed E-state index contributed by atoms with van der Waals surface area (Å²) in [4.78, 5) is 14.9. The number of para-hydroxylation sites is 1. The van der Waals surface area contributed by atoms with Gasteiger partial charge >= 0.3 is 0 Å². The maximum atomic E-state index is 12.7. The van der Waals surface area contributed by atoms with Gasteiger partial charge in [0, 0.05) is 32.8 Å². The second-order valence-corrected chi connectivity index (χ2v) is 7.94. The van der Waals surface area contributed by atoms with Crippen LogP contribution in [-0.2, 0) is 7.05 Å². The van der Waals surface area contributed by atoms with Crippen LogP contribution in [0.25, 0.3) is 0 Å². The van der Waals surface area contributed by atoms with E-state index in [0.29, 0.717) is 43.7 Å². The lowest BCUT2D eigenvalue weighted by Crippen LogP contribution is -2.55. The molecule has 0 bridgehead atoms. The van der Waals surface area contributed by atoms with E-state index in [4.69, 9.17) is 4.74 Å². The summed E-state index contributed by atoms with van der Waals surface area (Å²) in [5.41, 5.74) is 0.488. The minimum absolute atomic E-state index is 0.210. The summed E-state index contributed by atoms with van der Waals surface area (Å²) in [6, 6.07) is 8.89. The summed E-state index contributed by atoms with van der Waals surface area (Å²) in [6.45, 7) is 1.36. The third-order valence-electron chi connectivity index (χ3n) is 5.86. The molecule has 0 unspecified atom stereocenters. The van der Waals surface area contributed by atoms with Crippen LogP contribution in [0.15, 0.2) is 42.7 Å². The monoisotopic (exact) mass is 400 g/mol. The van der Waals surface area contributed by atoms with Gasteiger partial charge in [-0.25, -0.2) is 0 Å². The largest absolute Gasteiger partial charge is 0.488 e. The molecule has 29 heavy (non-hydrogen) atoms. The molecule has 1 aliphatic carbocycles. The summed E-state index contributed by atoms with van der Waals surface area (Å²) in [5.74, 6) is 0.487. The highest BCUT2D eigenvalue weighted by Crippen LogP contribution is 2.31. The summed E-state index contributed by atoms with van der Waals surface area (Å²) in [5, 5.41) is 28.1. The van der Waals surface area contributed by atoms with Crippen molar-refractivity contribution in [1.82, 2.24) is 20.0 Å². The van der Waals surface area contributed by atoms with Crippen molar-refractivity contribution in [1.29, 1.82) is 0 Å². The van der Waals surface area contributed by atoms with Crippen LogP contribution >= 0.6 is 0 Å². The Kier molecular flexibility index (Phi) is 5.84. The van der Waals surface area contributed by atoms with Crippen LogP contribution in [0.4, 0.5) is 0 Å². The lowest BCUT2D eigenvalue weighted by molar-refractivity contribution is -0.0145. The van der Waals surface area contributed by atoms with Crippen molar-refractivity contribution in [2.45, 2.75) is 49.7 Å². The lowest BCUT2D eigenvalue weighted by Gasteiger charge is -2.38. The van der Waals surface area contributed by atoms with E-state index < -0.39 is 12.2 Å². The number of likely N-dealkylation sites (tertiary alicyclic amines) is 1. The number of amides is 1. The molecule has 4 rings (SSSR count). The van der Waals surface area contributed by atoms with Crippen molar-refractivity contribution >= 4 is 5.91 Å². The first-order chi connectivity index (χ1) is 14.0. The Hall–Kier alpha value is -2.42. The van der Waals surface area contributed by atoms with Crippen LogP contribution < -0.4 is 10.1 Å². The van der Waals surface area contributed by atoms with Crippen molar-refractivity contribution in [2.24, 2.45) is 7.05 Å². The van der Waals surface area contributed by atoms with Crippen LogP contribution in [0.3, 0.4) is 0 Å². The number of nitrogens with one attached hydrogen (secondary N) is 1. The first kappa shape index (κ1) is 19.9. The van der Waals surface area contributed by atoms with Crippen LogP contribution in [0.1, 0.15) is 29.6 Å². The smallest absolute Gasteiger partial charge is 0.254 e. The average molecular weight is 400 g/mol. The number of nitrogens with zero attached hydrogens (tertiary/aromatic N) is 3. The molecule has 1 aliphatic heterocycles. The highest BCUT2D eigenvalue weighted by molar-refractivity contribution is 5.94. The molecule has 4 atom stereocenters. The van der Waals surface area contributed by atoms with E-state index in [1.54, 1.807) is 17.9 Å². The van der Waals surface area contributed by atoms with E-state index >= 15 is 0 Å². The molecular weight excluding hydrogens is 372 g/mol. The summed E-state index contributed by atoms with van der Waals surface area (Å²) in [6.07, 6.45) is 3.57. The molecule has 8 nitrogen and oxygen atoms in total. The van der Waals surface area contributed by atoms with Crippen molar-refractivity contribution in [3.05, 3.63) is 48.3 Å². The Morgan fingerprint density at radius 1 is 1.21 bits per heavy atom. The van der Waals surface area contributed by atoms with Crippen molar-refractivity contribution in [3.63, 3.8) is 0 Å². The van der Waals surface area contributed by atoms with E-state index in [-0.39, 0.29) is 24.1 Å².